The van der Waals surface area contributed by atoms with E-state index in [1.165, 1.54) is 0 Å². The van der Waals surface area contributed by atoms with Gasteiger partial charge in [0.05, 0.1) is 11.8 Å². The zero-order valence-corrected chi connectivity index (χ0v) is 12.2. The van der Waals surface area contributed by atoms with E-state index in [1.807, 2.05) is 10.9 Å². The summed E-state index contributed by atoms with van der Waals surface area (Å²) >= 11 is 0. The number of Topliss-reactive ketones (excluding diaryl/α,β-unsaturated/α-hetero) is 1. The van der Waals surface area contributed by atoms with E-state index in [1.54, 1.807) is 13.3 Å². The highest BCUT2D eigenvalue weighted by molar-refractivity contribution is 6.02. The van der Waals surface area contributed by atoms with Gasteiger partial charge < -0.3 is 4.74 Å². The van der Waals surface area contributed by atoms with Crippen molar-refractivity contribution < 1.29 is 9.53 Å². The van der Waals surface area contributed by atoms with E-state index < -0.39 is 5.60 Å². The van der Waals surface area contributed by atoms with Crippen molar-refractivity contribution in [3.63, 3.8) is 0 Å². The summed E-state index contributed by atoms with van der Waals surface area (Å²) in [5.41, 5.74) is 0.0666. The predicted octanol–water partition coefficient (Wildman–Crippen LogP) is 3.07. The van der Waals surface area contributed by atoms with Crippen LogP contribution in [0, 0.1) is 5.92 Å². The lowest BCUT2D eigenvalue weighted by molar-refractivity contribution is -0.0263. The van der Waals surface area contributed by atoms with Crippen LogP contribution in [0.25, 0.3) is 0 Å². The number of nitrogens with zero attached hydrogens (tertiary/aromatic N) is 2. The summed E-state index contributed by atoms with van der Waals surface area (Å²) in [6.07, 6.45) is 8.31. The molecule has 0 radical (unpaired) electrons. The first-order valence-corrected chi connectivity index (χ1v) is 7.23. The first-order chi connectivity index (χ1) is 9.11. The van der Waals surface area contributed by atoms with Crippen LogP contribution in [0.5, 0.6) is 0 Å². The highest BCUT2D eigenvalue weighted by Crippen LogP contribution is 2.36. The highest BCUT2D eigenvalue weighted by Gasteiger charge is 2.41. The lowest BCUT2D eigenvalue weighted by Gasteiger charge is -2.36. The van der Waals surface area contributed by atoms with Gasteiger partial charge in [-0.2, -0.15) is 5.10 Å². The molecule has 0 N–H and O–H groups in total. The monoisotopic (exact) mass is 264 g/mol. The molecule has 0 saturated heterocycles. The summed E-state index contributed by atoms with van der Waals surface area (Å²) in [6.45, 7) is 5.19. The maximum Gasteiger partial charge on any atom is 0.197 e. The number of carbonyl (C=O) groups is 1. The normalized spacial score (nSPS) is 27.4. The van der Waals surface area contributed by atoms with E-state index in [9.17, 15) is 4.79 Å². The maximum absolute atomic E-state index is 12.7. The van der Waals surface area contributed by atoms with Gasteiger partial charge in [0.2, 0.25) is 0 Å². The van der Waals surface area contributed by atoms with Crippen LogP contribution < -0.4 is 0 Å². The van der Waals surface area contributed by atoms with Gasteiger partial charge in [0.25, 0.3) is 0 Å². The minimum absolute atomic E-state index is 0.101. The van der Waals surface area contributed by atoms with Crippen molar-refractivity contribution in [3.05, 3.63) is 18.0 Å². The van der Waals surface area contributed by atoms with Crippen molar-refractivity contribution in [1.82, 2.24) is 9.78 Å². The summed E-state index contributed by atoms with van der Waals surface area (Å²) in [4.78, 5) is 12.7. The molecule has 1 aliphatic rings. The number of ether oxygens (including phenoxy) is 1. The molecule has 1 saturated carbocycles. The van der Waals surface area contributed by atoms with Gasteiger partial charge in [-0.25, -0.2) is 0 Å². The molecule has 0 unspecified atom stereocenters. The predicted molar refractivity (Wildman–Crippen MR) is 74.2 cm³/mol. The molecule has 19 heavy (non-hydrogen) atoms. The average molecular weight is 264 g/mol. The van der Waals surface area contributed by atoms with Crippen molar-refractivity contribution in [2.75, 3.05) is 7.11 Å². The van der Waals surface area contributed by atoms with E-state index in [-0.39, 0.29) is 5.78 Å². The van der Waals surface area contributed by atoms with Crippen LogP contribution in [0.3, 0.4) is 0 Å². The van der Waals surface area contributed by atoms with Crippen LogP contribution in [-0.2, 0) is 11.3 Å². The zero-order valence-electron chi connectivity index (χ0n) is 12.2. The fraction of sp³-hybridized carbons (Fsp3) is 0.733. The molecule has 0 bridgehead atoms. The number of carbonyl (C=O) groups excluding carboxylic acids is 1. The number of hydrogen-bond acceptors (Lipinski definition) is 3. The standard InChI is InChI=1S/C15H24N2O2/c1-4-9-17-11-13(10-16-17)14(18)15(19-3)7-5-12(2)6-8-15/h10-12H,4-9H2,1-3H3. The van der Waals surface area contributed by atoms with Gasteiger partial charge in [-0.05, 0) is 38.0 Å². The Morgan fingerprint density at radius 1 is 1.53 bits per heavy atom. The van der Waals surface area contributed by atoms with Crippen LogP contribution in [-0.4, -0.2) is 28.3 Å². The lowest BCUT2D eigenvalue weighted by atomic mass is 9.76. The van der Waals surface area contributed by atoms with E-state index in [2.05, 4.69) is 18.9 Å². The summed E-state index contributed by atoms with van der Waals surface area (Å²) in [5.74, 6) is 0.795. The molecule has 0 atom stereocenters. The Labute approximate surface area is 115 Å². The third kappa shape index (κ3) is 2.89. The van der Waals surface area contributed by atoms with Gasteiger partial charge >= 0.3 is 0 Å². The summed E-state index contributed by atoms with van der Waals surface area (Å²) in [5, 5.41) is 4.24. The molecule has 1 aromatic rings. The van der Waals surface area contributed by atoms with Gasteiger partial charge in [-0.1, -0.05) is 13.8 Å². The highest BCUT2D eigenvalue weighted by atomic mass is 16.5. The topological polar surface area (TPSA) is 44.1 Å². The van der Waals surface area contributed by atoms with Crippen molar-refractivity contribution >= 4 is 5.78 Å². The maximum atomic E-state index is 12.7. The van der Waals surface area contributed by atoms with Crippen molar-refractivity contribution in [3.8, 4) is 0 Å². The Morgan fingerprint density at radius 2 is 2.21 bits per heavy atom. The fourth-order valence-corrected chi connectivity index (χ4v) is 2.85. The van der Waals surface area contributed by atoms with Gasteiger partial charge in [-0.3, -0.25) is 9.48 Å². The lowest BCUT2D eigenvalue weighted by Crippen LogP contribution is -2.43. The molecule has 4 heteroatoms. The van der Waals surface area contributed by atoms with Crippen molar-refractivity contribution in [1.29, 1.82) is 0 Å². The van der Waals surface area contributed by atoms with Crippen molar-refractivity contribution in [2.45, 2.75) is 58.1 Å². The van der Waals surface area contributed by atoms with Crippen LogP contribution in [0.2, 0.25) is 0 Å². The molecule has 0 aliphatic heterocycles. The second-order valence-corrected chi connectivity index (χ2v) is 5.70. The Hall–Kier alpha value is -1.16. The fourth-order valence-electron chi connectivity index (χ4n) is 2.85. The Balaban J connectivity index is 2.15. The Bertz CT molecular complexity index is 431. The molecule has 4 nitrogen and oxygen atoms in total. The molecular weight excluding hydrogens is 240 g/mol. The second kappa shape index (κ2) is 5.87. The summed E-state index contributed by atoms with van der Waals surface area (Å²) in [6, 6.07) is 0. The first kappa shape index (κ1) is 14.3. The molecule has 0 amide bonds. The van der Waals surface area contributed by atoms with Gasteiger partial charge in [0.1, 0.15) is 5.60 Å². The molecule has 106 valence electrons. The third-order valence-electron chi connectivity index (χ3n) is 4.23. The Morgan fingerprint density at radius 3 is 2.79 bits per heavy atom. The Kier molecular flexibility index (Phi) is 4.40. The number of ketones is 1. The minimum atomic E-state index is -0.618. The van der Waals surface area contributed by atoms with Gasteiger partial charge in [0.15, 0.2) is 5.78 Å². The van der Waals surface area contributed by atoms with Crippen LogP contribution in [0.1, 0.15) is 56.3 Å². The summed E-state index contributed by atoms with van der Waals surface area (Å²) in [7, 11) is 1.66. The minimum Gasteiger partial charge on any atom is -0.370 e. The van der Waals surface area contributed by atoms with Gasteiger partial charge in [0, 0.05) is 19.9 Å². The first-order valence-electron chi connectivity index (χ1n) is 7.23. The van der Waals surface area contributed by atoms with E-state index >= 15 is 0 Å². The SMILES string of the molecule is CCCn1cc(C(=O)C2(OC)CCC(C)CC2)cn1. The summed E-state index contributed by atoms with van der Waals surface area (Å²) < 4.78 is 7.46. The third-order valence-corrected chi connectivity index (χ3v) is 4.23. The van der Waals surface area contributed by atoms with Crippen LogP contribution >= 0.6 is 0 Å². The molecule has 1 aromatic heterocycles. The molecule has 2 rings (SSSR count). The van der Waals surface area contributed by atoms with E-state index in [0.717, 1.165) is 38.6 Å². The number of aromatic nitrogens is 2. The molecule has 0 aromatic carbocycles. The number of aryl methyl sites for hydroxylation is 1. The number of rotatable bonds is 5. The van der Waals surface area contributed by atoms with E-state index in [0.29, 0.717) is 11.5 Å². The quantitative estimate of drug-likeness (QED) is 0.768. The average Bonchev–Trinajstić information content (AvgIpc) is 2.88. The molecule has 1 heterocycles. The molecule has 1 fully saturated rings. The van der Waals surface area contributed by atoms with Crippen LogP contribution in [0.4, 0.5) is 0 Å². The van der Waals surface area contributed by atoms with Gasteiger partial charge in [-0.15, -0.1) is 0 Å². The number of hydrogen-bond donors (Lipinski definition) is 0. The van der Waals surface area contributed by atoms with E-state index in [4.69, 9.17) is 4.74 Å². The second-order valence-electron chi connectivity index (χ2n) is 5.70. The van der Waals surface area contributed by atoms with Crippen LogP contribution in [0.15, 0.2) is 12.4 Å². The smallest absolute Gasteiger partial charge is 0.197 e. The molecular formula is C15H24N2O2. The molecule has 0 spiro atoms. The number of methoxy groups -OCH3 is 1. The largest absolute Gasteiger partial charge is 0.370 e. The van der Waals surface area contributed by atoms with Crippen molar-refractivity contribution in [2.24, 2.45) is 5.92 Å². The molecule has 1 aliphatic carbocycles. The zero-order chi connectivity index (χ0) is 13.9.